The van der Waals surface area contributed by atoms with E-state index in [1.165, 1.54) is 19.3 Å². The molecule has 104 valence electrons. The standard InChI is InChI=1S/C14H24ClNO2/c1-11-9-18-8-5-12(11)13(17)16-14(10-15)6-3-2-4-7-14/h11-12H,2-10H2,1H3,(H,16,17). The fourth-order valence-electron chi connectivity index (χ4n) is 3.14. The highest BCUT2D eigenvalue weighted by Gasteiger charge is 2.36. The summed E-state index contributed by atoms with van der Waals surface area (Å²) in [6, 6.07) is 0. The topological polar surface area (TPSA) is 38.3 Å². The minimum atomic E-state index is -0.144. The van der Waals surface area contributed by atoms with Crippen LogP contribution in [0.5, 0.6) is 0 Å². The molecule has 1 saturated carbocycles. The Bertz CT molecular complexity index is 290. The van der Waals surface area contributed by atoms with Gasteiger partial charge < -0.3 is 10.1 Å². The van der Waals surface area contributed by atoms with Crippen LogP contribution in [-0.2, 0) is 9.53 Å². The molecule has 0 radical (unpaired) electrons. The predicted octanol–water partition coefficient (Wildman–Crippen LogP) is 2.72. The zero-order chi connectivity index (χ0) is 13.0. The molecule has 0 aromatic rings. The molecule has 1 saturated heterocycles. The van der Waals surface area contributed by atoms with E-state index in [0.717, 1.165) is 19.3 Å². The van der Waals surface area contributed by atoms with Gasteiger partial charge in [0.15, 0.2) is 0 Å². The average Bonchev–Trinajstić information content (AvgIpc) is 2.40. The summed E-state index contributed by atoms with van der Waals surface area (Å²) in [7, 11) is 0. The highest BCUT2D eigenvalue weighted by molar-refractivity contribution is 6.18. The molecule has 1 amide bonds. The van der Waals surface area contributed by atoms with Crippen molar-refractivity contribution >= 4 is 17.5 Å². The van der Waals surface area contributed by atoms with Gasteiger partial charge in [0, 0.05) is 25.0 Å². The summed E-state index contributed by atoms with van der Waals surface area (Å²) in [5, 5.41) is 3.26. The molecular formula is C14H24ClNO2. The van der Waals surface area contributed by atoms with Crippen molar-refractivity contribution in [2.45, 2.75) is 51.0 Å². The minimum absolute atomic E-state index is 0.0979. The summed E-state index contributed by atoms with van der Waals surface area (Å²) in [6.45, 7) is 3.50. The summed E-state index contributed by atoms with van der Waals surface area (Å²) < 4.78 is 5.40. The normalized spacial score (nSPS) is 31.9. The van der Waals surface area contributed by atoms with E-state index in [-0.39, 0.29) is 17.4 Å². The van der Waals surface area contributed by atoms with Crippen LogP contribution in [0.3, 0.4) is 0 Å². The molecule has 0 bridgehead atoms. The molecule has 1 N–H and O–H groups in total. The molecule has 2 rings (SSSR count). The molecule has 0 aromatic carbocycles. The Hall–Kier alpha value is -0.280. The molecule has 0 spiro atoms. The van der Waals surface area contributed by atoms with E-state index < -0.39 is 0 Å². The van der Waals surface area contributed by atoms with E-state index in [0.29, 0.717) is 25.0 Å². The molecule has 2 atom stereocenters. The first-order valence-electron chi connectivity index (χ1n) is 7.13. The number of amides is 1. The molecule has 4 heteroatoms. The van der Waals surface area contributed by atoms with Gasteiger partial charge >= 0.3 is 0 Å². The zero-order valence-electron chi connectivity index (χ0n) is 11.2. The van der Waals surface area contributed by atoms with Gasteiger partial charge in [-0.3, -0.25) is 4.79 Å². The molecule has 1 aliphatic carbocycles. The van der Waals surface area contributed by atoms with Gasteiger partial charge in [-0.1, -0.05) is 26.2 Å². The second kappa shape index (κ2) is 6.25. The van der Waals surface area contributed by atoms with Gasteiger partial charge in [0.2, 0.25) is 5.91 Å². The van der Waals surface area contributed by atoms with E-state index in [1.807, 2.05) is 0 Å². The number of hydrogen-bond acceptors (Lipinski definition) is 2. The summed E-state index contributed by atoms with van der Waals surface area (Å²) in [6.07, 6.45) is 6.51. The third-order valence-electron chi connectivity index (χ3n) is 4.43. The number of halogens is 1. The van der Waals surface area contributed by atoms with Gasteiger partial charge in [0.1, 0.15) is 0 Å². The Morgan fingerprint density at radius 1 is 1.39 bits per heavy atom. The van der Waals surface area contributed by atoms with E-state index in [9.17, 15) is 4.79 Å². The third-order valence-corrected chi connectivity index (χ3v) is 4.94. The van der Waals surface area contributed by atoms with Crippen molar-refractivity contribution in [2.75, 3.05) is 19.1 Å². The molecule has 0 aromatic heterocycles. The Labute approximate surface area is 115 Å². The van der Waals surface area contributed by atoms with E-state index in [1.54, 1.807) is 0 Å². The third kappa shape index (κ3) is 3.18. The smallest absolute Gasteiger partial charge is 0.224 e. The van der Waals surface area contributed by atoms with Crippen molar-refractivity contribution < 1.29 is 9.53 Å². The molecule has 2 unspecified atom stereocenters. The summed E-state index contributed by atoms with van der Waals surface area (Å²) >= 11 is 6.12. The van der Waals surface area contributed by atoms with Crippen LogP contribution < -0.4 is 5.32 Å². The maximum Gasteiger partial charge on any atom is 0.224 e. The number of carbonyl (C=O) groups is 1. The molecule has 2 fully saturated rings. The van der Waals surface area contributed by atoms with Gasteiger partial charge in [-0.2, -0.15) is 0 Å². The summed E-state index contributed by atoms with van der Waals surface area (Å²) in [4.78, 5) is 12.4. The number of alkyl halides is 1. The van der Waals surface area contributed by atoms with Crippen LogP contribution in [0, 0.1) is 11.8 Å². The van der Waals surface area contributed by atoms with Crippen molar-refractivity contribution in [3.8, 4) is 0 Å². The van der Waals surface area contributed by atoms with Gasteiger partial charge in [0.25, 0.3) is 0 Å². The van der Waals surface area contributed by atoms with E-state index in [2.05, 4.69) is 12.2 Å². The molecule has 2 aliphatic rings. The van der Waals surface area contributed by atoms with Crippen LogP contribution in [0.1, 0.15) is 45.4 Å². The highest BCUT2D eigenvalue weighted by atomic mass is 35.5. The number of nitrogens with one attached hydrogen (secondary N) is 1. The fourth-order valence-corrected chi connectivity index (χ4v) is 3.48. The average molecular weight is 274 g/mol. The van der Waals surface area contributed by atoms with Crippen LogP contribution >= 0.6 is 11.6 Å². The van der Waals surface area contributed by atoms with Crippen LogP contribution in [0.25, 0.3) is 0 Å². The van der Waals surface area contributed by atoms with E-state index >= 15 is 0 Å². The first kappa shape index (κ1) is 14.1. The van der Waals surface area contributed by atoms with Crippen LogP contribution in [0.15, 0.2) is 0 Å². The number of carbonyl (C=O) groups excluding carboxylic acids is 1. The monoisotopic (exact) mass is 273 g/mol. The van der Waals surface area contributed by atoms with Crippen LogP contribution in [0.4, 0.5) is 0 Å². The lowest BCUT2D eigenvalue weighted by Gasteiger charge is -2.39. The SMILES string of the molecule is CC1COCCC1C(=O)NC1(CCl)CCCCC1. The maximum absolute atomic E-state index is 12.4. The molecular weight excluding hydrogens is 250 g/mol. The highest BCUT2D eigenvalue weighted by Crippen LogP contribution is 2.31. The second-order valence-electron chi connectivity index (χ2n) is 5.91. The first-order chi connectivity index (χ1) is 8.67. The van der Waals surface area contributed by atoms with Gasteiger partial charge in [-0.25, -0.2) is 0 Å². The predicted molar refractivity (Wildman–Crippen MR) is 72.8 cm³/mol. The number of ether oxygens (including phenoxy) is 1. The second-order valence-corrected chi connectivity index (χ2v) is 6.18. The zero-order valence-corrected chi connectivity index (χ0v) is 12.0. The lowest BCUT2D eigenvalue weighted by molar-refractivity contribution is -0.132. The Morgan fingerprint density at radius 3 is 2.72 bits per heavy atom. The minimum Gasteiger partial charge on any atom is -0.381 e. The lowest BCUT2D eigenvalue weighted by atomic mass is 9.81. The summed E-state index contributed by atoms with van der Waals surface area (Å²) in [5.41, 5.74) is -0.144. The van der Waals surface area contributed by atoms with Gasteiger partial charge in [-0.05, 0) is 25.2 Å². The maximum atomic E-state index is 12.4. The van der Waals surface area contributed by atoms with Gasteiger partial charge in [-0.15, -0.1) is 11.6 Å². The molecule has 1 aliphatic heterocycles. The first-order valence-corrected chi connectivity index (χ1v) is 7.66. The fraction of sp³-hybridized carbons (Fsp3) is 0.929. The Kier molecular flexibility index (Phi) is 4.91. The van der Waals surface area contributed by atoms with Crippen LogP contribution in [-0.4, -0.2) is 30.5 Å². The van der Waals surface area contributed by atoms with Crippen LogP contribution in [0.2, 0.25) is 0 Å². The number of hydrogen-bond donors (Lipinski definition) is 1. The van der Waals surface area contributed by atoms with Crippen molar-refractivity contribution in [2.24, 2.45) is 11.8 Å². The Balaban J connectivity index is 1.95. The quantitative estimate of drug-likeness (QED) is 0.803. The van der Waals surface area contributed by atoms with Gasteiger partial charge in [0.05, 0.1) is 5.54 Å². The largest absolute Gasteiger partial charge is 0.381 e. The van der Waals surface area contributed by atoms with Crippen molar-refractivity contribution in [3.63, 3.8) is 0 Å². The van der Waals surface area contributed by atoms with Crippen molar-refractivity contribution in [3.05, 3.63) is 0 Å². The Morgan fingerprint density at radius 2 is 2.11 bits per heavy atom. The molecule has 18 heavy (non-hydrogen) atoms. The lowest BCUT2D eigenvalue weighted by Crippen LogP contribution is -2.54. The number of rotatable bonds is 3. The van der Waals surface area contributed by atoms with Crippen molar-refractivity contribution in [1.82, 2.24) is 5.32 Å². The molecule has 1 heterocycles. The molecule has 3 nitrogen and oxygen atoms in total. The summed E-state index contributed by atoms with van der Waals surface area (Å²) in [5.74, 6) is 1.14. The van der Waals surface area contributed by atoms with Crippen molar-refractivity contribution in [1.29, 1.82) is 0 Å². The van der Waals surface area contributed by atoms with E-state index in [4.69, 9.17) is 16.3 Å².